The molecule has 0 unspecified atom stereocenters. The minimum atomic E-state index is -3.73. The van der Waals surface area contributed by atoms with Crippen molar-refractivity contribution in [1.29, 1.82) is 0 Å². The summed E-state index contributed by atoms with van der Waals surface area (Å²) in [6.07, 6.45) is 3.65. The van der Waals surface area contributed by atoms with Gasteiger partial charge in [-0.15, -0.1) is 0 Å². The largest absolute Gasteiger partial charge is 0.447 e. The zero-order valence-electron chi connectivity index (χ0n) is 9.55. The Bertz CT molecular complexity index is 463. The average molecular weight is 259 g/mol. The van der Waals surface area contributed by atoms with Gasteiger partial charge in [-0.1, -0.05) is 6.42 Å². The number of furan rings is 1. The average Bonchev–Trinajstić information content (AvgIpc) is 2.76. The van der Waals surface area contributed by atoms with Crippen LogP contribution < -0.4 is 10.6 Å². The van der Waals surface area contributed by atoms with E-state index in [1.807, 2.05) is 0 Å². The van der Waals surface area contributed by atoms with Crippen molar-refractivity contribution in [3.05, 3.63) is 17.9 Å². The van der Waals surface area contributed by atoms with E-state index in [-0.39, 0.29) is 5.09 Å². The lowest BCUT2D eigenvalue weighted by molar-refractivity contribution is 0.145. The maximum atomic E-state index is 11.0. The first-order valence-electron chi connectivity index (χ1n) is 5.66. The fourth-order valence-electron chi connectivity index (χ4n) is 1.85. The SMILES string of the molecule is NS(=O)(=O)c1ccc(CNN2CCCCC2)o1. The maximum absolute atomic E-state index is 11.0. The third-order valence-electron chi connectivity index (χ3n) is 2.75. The number of rotatable bonds is 4. The van der Waals surface area contributed by atoms with Gasteiger partial charge in [0.25, 0.3) is 10.0 Å². The van der Waals surface area contributed by atoms with E-state index in [9.17, 15) is 8.42 Å². The zero-order chi connectivity index (χ0) is 12.3. The number of hydrogen-bond acceptors (Lipinski definition) is 5. The zero-order valence-corrected chi connectivity index (χ0v) is 10.4. The number of hydrogen-bond donors (Lipinski definition) is 2. The number of nitrogens with zero attached hydrogens (tertiary/aromatic N) is 1. The summed E-state index contributed by atoms with van der Waals surface area (Å²) >= 11 is 0. The van der Waals surface area contributed by atoms with E-state index in [1.54, 1.807) is 6.07 Å². The molecule has 0 bridgehead atoms. The Morgan fingerprint density at radius 3 is 2.59 bits per heavy atom. The molecule has 0 atom stereocenters. The van der Waals surface area contributed by atoms with Crippen molar-refractivity contribution < 1.29 is 12.8 Å². The van der Waals surface area contributed by atoms with Gasteiger partial charge >= 0.3 is 0 Å². The molecule has 96 valence electrons. The second kappa shape index (κ2) is 5.18. The molecule has 2 heterocycles. The Kier molecular flexibility index (Phi) is 3.82. The molecule has 2 rings (SSSR count). The van der Waals surface area contributed by atoms with Crippen LogP contribution in [0.1, 0.15) is 25.0 Å². The standard InChI is InChI=1S/C10H17N3O3S/c11-17(14,15)10-5-4-9(16-10)8-12-13-6-2-1-3-7-13/h4-5,12H,1-3,6-8H2,(H2,11,14,15). The van der Waals surface area contributed by atoms with Gasteiger partial charge < -0.3 is 4.42 Å². The van der Waals surface area contributed by atoms with Gasteiger partial charge in [-0.05, 0) is 25.0 Å². The molecule has 17 heavy (non-hydrogen) atoms. The predicted molar refractivity (Wildman–Crippen MR) is 62.3 cm³/mol. The highest BCUT2D eigenvalue weighted by Crippen LogP contribution is 2.12. The van der Waals surface area contributed by atoms with Crippen LogP contribution in [0.4, 0.5) is 0 Å². The van der Waals surface area contributed by atoms with Crippen molar-refractivity contribution in [2.75, 3.05) is 13.1 Å². The quantitative estimate of drug-likeness (QED) is 0.818. The lowest BCUT2D eigenvalue weighted by Gasteiger charge is -2.26. The number of sulfonamides is 1. The number of primary sulfonamides is 1. The van der Waals surface area contributed by atoms with Crippen LogP contribution in [0.5, 0.6) is 0 Å². The van der Waals surface area contributed by atoms with Crippen molar-refractivity contribution in [3.8, 4) is 0 Å². The third-order valence-corrected chi connectivity index (χ3v) is 3.53. The van der Waals surface area contributed by atoms with Gasteiger partial charge in [-0.3, -0.25) is 0 Å². The Hall–Kier alpha value is -0.890. The second-order valence-corrected chi connectivity index (χ2v) is 5.64. The van der Waals surface area contributed by atoms with Crippen LogP contribution in [-0.2, 0) is 16.6 Å². The van der Waals surface area contributed by atoms with Gasteiger partial charge in [0.1, 0.15) is 5.76 Å². The molecular weight excluding hydrogens is 242 g/mol. The number of nitrogens with one attached hydrogen (secondary N) is 1. The van der Waals surface area contributed by atoms with Gasteiger partial charge in [0.15, 0.2) is 0 Å². The molecule has 1 aromatic heterocycles. The summed E-state index contributed by atoms with van der Waals surface area (Å²) in [5.74, 6) is 0.569. The van der Waals surface area contributed by atoms with E-state index in [0.717, 1.165) is 13.1 Å². The summed E-state index contributed by atoms with van der Waals surface area (Å²) in [6, 6.07) is 3.00. The predicted octanol–water partition coefficient (Wildman–Crippen LogP) is 0.417. The lowest BCUT2D eigenvalue weighted by atomic mass is 10.2. The molecule has 1 aromatic rings. The van der Waals surface area contributed by atoms with Crippen LogP contribution in [0, 0.1) is 0 Å². The smallest absolute Gasteiger partial charge is 0.271 e. The van der Waals surface area contributed by atoms with Crippen LogP contribution in [0.25, 0.3) is 0 Å². The van der Waals surface area contributed by atoms with E-state index >= 15 is 0 Å². The van der Waals surface area contributed by atoms with Gasteiger partial charge in [-0.25, -0.2) is 24.0 Å². The molecular formula is C10H17N3O3S. The van der Waals surface area contributed by atoms with Crippen LogP contribution >= 0.6 is 0 Å². The van der Waals surface area contributed by atoms with Crippen LogP contribution in [0.3, 0.4) is 0 Å². The lowest BCUT2D eigenvalue weighted by Crippen LogP contribution is -2.41. The highest BCUT2D eigenvalue weighted by atomic mass is 32.2. The molecule has 1 saturated heterocycles. The van der Waals surface area contributed by atoms with E-state index in [2.05, 4.69) is 10.4 Å². The normalized spacial score (nSPS) is 18.4. The molecule has 0 spiro atoms. The van der Waals surface area contributed by atoms with Crippen LogP contribution in [0.2, 0.25) is 0 Å². The molecule has 0 radical (unpaired) electrons. The molecule has 3 N–H and O–H groups in total. The summed E-state index contributed by atoms with van der Waals surface area (Å²) in [5, 5.41) is 6.90. The highest BCUT2D eigenvalue weighted by Gasteiger charge is 2.14. The Labute approximate surface area is 101 Å². The van der Waals surface area contributed by atoms with Crippen molar-refractivity contribution in [2.45, 2.75) is 30.9 Å². The first-order chi connectivity index (χ1) is 8.05. The third kappa shape index (κ3) is 3.53. The van der Waals surface area contributed by atoms with Gasteiger partial charge in [0, 0.05) is 13.1 Å². The minimum Gasteiger partial charge on any atom is -0.447 e. The first kappa shape index (κ1) is 12.6. The van der Waals surface area contributed by atoms with Crippen molar-refractivity contribution in [3.63, 3.8) is 0 Å². The number of hydrazine groups is 1. The first-order valence-corrected chi connectivity index (χ1v) is 7.20. The van der Waals surface area contributed by atoms with Gasteiger partial charge in [0.05, 0.1) is 6.54 Å². The minimum absolute atomic E-state index is 0.187. The highest BCUT2D eigenvalue weighted by molar-refractivity contribution is 7.89. The van der Waals surface area contributed by atoms with E-state index in [1.165, 1.54) is 25.3 Å². The van der Waals surface area contributed by atoms with Crippen LogP contribution in [0.15, 0.2) is 21.6 Å². The summed E-state index contributed by atoms with van der Waals surface area (Å²) in [6.45, 7) is 2.51. The van der Waals surface area contributed by atoms with Crippen LogP contribution in [-0.4, -0.2) is 26.5 Å². The molecule has 0 aliphatic carbocycles. The second-order valence-electron chi connectivity index (χ2n) is 4.15. The number of piperidine rings is 1. The van der Waals surface area contributed by atoms with Crippen molar-refractivity contribution in [1.82, 2.24) is 10.4 Å². The summed E-state index contributed by atoms with van der Waals surface area (Å²) in [7, 11) is -3.73. The Morgan fingerprint density at radius 2 is 2.00 bits per heavy atom. The molecule has 0 aromatic carbocycles. The molecule has 7 heteroatoms. The van der Waals surface area contributed by atoms with E-state index in [0.29, 0.717) is 12.3 Å². The molecule has 0 amide bonds. The van der Waals surface area contributed by atoms with Gasteiger partial charge in [0.2, 0.25) is 5.09 Å². The fourth-order valence-corrected chi connectivity index (χ4v) is 2.33. The Balaban J connectivity index is 1.89. The summed E-state index contributed by atoms with van der Waals surface area (Å²) in [5.41, 5.74) is 3.21. The summed E-state index contributed by atoms with van der Waals surface area (Å²) < 4.78 is 27.1. The van der Waals surface area contributed by atoms with Crippen molar-refractivity contribution >= 4 is 10.0 Å². The molecule has 6 nitrogen and oxygen atoms in total. The Morgan fingerprint density at radius 1 is 1.29 bits per heavy atom. The fraction of sp³-hybridized carbons (Fsp3) is 0.600. The molecule has 0 saturated carbocycles. The molecule has 1 aliphatic rings. The topological polar surface area (TPSA) is 88.6 Å². The van der Waals surface area contributed by atoms with E-state index < -0.39 is 10.0 Å². The maximum Gasteiger partial charge on any atom is 0.271 e. The molecule has 1 aliphatic heterocycles. The number of nitrogens with two attached hydrogens (primary N) is 1. The molecule has 1 fully saturated rings. The summed E-state index contributed by atoms with van der Waals surface area (Å²) in [4.78, 5) is 0. The van der Waals surface area contributed by atoms with E-state index in [4.69, 9.17) is 9.56 Å². The van der Waals surface area contributed by atoms with Gasteiger partial charge in [-0.2, -0.15) is 0 Å². The van der Waals surface area contributed by atoms with Crippen molar-refractivity contribution in [2.24, 2.45) is 5.14 Å². The monoisotopic (exact) mass is 259 g/mol.